The Hall–Kier alpha value is -3.68. The molecule has 1 heterocycles. The molecule has 0 aliphatic carbocycles. The van der Waals surface area contributed by atoms with Crippen LogP contribution in [0.4, 0.5) is 4.39 Å². The molecule has 0 amide bonds. The van der Waals surface area contributed by atoms with E-state index in [0.717, 1.165) is 11.3 Å². The van der Waals surface area contributed by atoms with Crippen LogP contribution in [-0.4, -0.2) is 35.7 Å². The number of ether oxygens (including phenoxy) is 2. The van der Waals surface area contributed by atoms with Gasteiger partial charge in [-0.15, -0.1) is 0 Å². The molecular weight excluding hydrogens is 389 g/mol. The molecule has 1 N–H and O–H groups in total. The van der Waals surface area contributed by atoms with Crippen LogP contribution in [-0.2, 0) is 22.5 Å². The van der Waals surface area contributed by atoms with Gasteiger partial charge >= 0.3 is 5.97 Å². The Morgan fingerprint density at radius 3 is 2.37 bits per heavy atom. The highest BCUT2D eigenvalue weighted by atomic mass is 19.1. The molecule has 8 heteroatoms. The summed E-state index contributed by atoms with van der Waals surface area (Å²) >= 11 is 0. The Bertz CT molecular complexity index is 1110. The fourth-order valence-electron chi connectivity index (χ4n) is 2.99. The molecule has 0 fully saturated rings. The van der Waals surface area contributed by atoms with E-state index in [9.17, 15) is 14.0 Å². The summed E-state index contributed by atoms with van der Waals surface area (Å²) in [6.45, 7) is 2.07. The van der Waals surface area contributed by atoms with E-state index in [0.29, 0.717) is 29.2 Å². The first-order chi connectivity index (χ1) is 14.4. The molecule has 3 rings (SSSR count). The topological polar surface area (TPSA) is 85.7 Å². The number of benzene rings is 2. The molecule has 0 saturated carbocycles. The first-order valence-electron chi connectivity index (χ1n) is 9.24. The van der Waals surface area contributed by atoms with E-state index in [1.807, 2.05) is 24.3 Å². The SMILES string of the molecule is COC(=O)Cc1[nH]n(-c2ccc(F)cc2)c(=O)c1C(C)=NCc1ccc(OC)cc1. The van der Waals surface area contributed by atoms with Gasteiger partial charge in [0.05, 0.1) is 44.1 Å². The molecule has 0 spiro atoms. The van der Waals surface area contributed by atoms with Crippen LogP contribution in [0.25, 0.3) is 5.69 Å². The first kappa shape index (κ1) is 21.0. The van der Waals surface area contributed by atoms with E-state index in [1.54, 1.807) is 14.0 Å². The van der Waals surface area contributed by atoms with Crippen molar-refractivity contribution in [3.05, 3.63) is 81.5 Å². The molecule has 7 nitrogen and oxygen atoms in total. The molecule has 0 atom stereocenters. The Morgan fingerprint density at radius 1 is 1.10 bits per heavy atom. The van der Waals surface area contributed by atoms with Gasteiger partial charge in [0.15, 0.2) is 0 Å². The number of methoxy groups -OCH3 is 2. The van der Waals surface area contributed by atoms with Crippen LogP contribution in [0.2, 0.25) is 0 Å². The Balaban J connectivity index is 1.98. The number of aromatic nitrogens is 2. The third kappa shape index (κ3) is 4.65. The maximum absolute atomic E-state index is 13.3. The van der Waals surface area contributed by atoms with Gasteiger partial charge in [-0.1, -0.05) is 12.1 Å². The summed E-state index contributed by atoms with van der Waals surface area (Å²) in [5.41, 5.74) is 2.16. The van der Waals surface area contributed by atoms with Crippen molar-refractivity contribution in [1.82, 2.24) is 9.78 Å². The van der Waals surface area contributed by atoms with Crippen molar-refractivity contribution < 1.29 is 18.7 Å². The van der Waals surface area contributed by atoms with Gasteiger partial charge in [0.2, 0.25) is 0 Å². The lowest BCUT2D eigenvalue weighted by atomic mass is 10.1. The van der Waals surface area contributed by atoms with Gasteiger partial charge in [-0.2, -0.15) is 0 Å². The summed E-state index contributed by atoms with van der Waals surface area (Å²) in [5.74, 6) is -0.162. The number of aromatic amines is 1. The van der Waals surface area contributed by atoms with Crippen molar-refractivity contribution >= 4 is 11.7 Å². The van der Waals surface area contributed by atoms with Gasteiger partial charge in [0.25, 0.3) is 5.56 Å². The zero-order valence-electron chi connectivity index (χ0n) is 16.9. The minimum Gasteiger partial charge on any atom is -0.497 e. The number of hydrogen-bond acceptors (Lipinski definition) is 5. The quantitative estimate of drug-likeness (QED) is 0.478. The van der Waals surface area contributed by atoms with E-state index < -0.39 is 11.8 Å². The van der Waals surface area contributed by atoms with Crippen LogP contribution in [0.15, 0.2) is 58.3 Å². The van der Waals surface area contributed by atoms with Crippen molar-refractivity contribution in [3.63, 3.8) is 0 Å². The van der Waals surface area contributed by atoms with Gasteiger partial charge in [0.1, 0.15) is 11.6 Å². The maximum Gasteiger partial charge on any atom is 0.311 e. The number of nitrogens with zero attached hydrogens (tertiary/aromatic N) is 2. The van der Waals surface area contributed by atoms with Gasteiger partial charge in [-0.3, -0.25) is 19.7 Å². The number of H-pyrrole nitrogens is 1. The second-order valence-electron chi connectivity index (χ2n) is 6.58. The fraction of sp³-hybridized carbons (Fsp3) is 0.227. The van der Waals surface area contributed by atoms with Crippen LogP contribution >= 0.6 is 0 Å². The predicted octanol–water partition coefficient (Wildman–Crippen LogP) is 3.04. The third-order valence-electron chi connectivity index (χ3n) is 4.62. The molecule has 3 aromatic rings. The van der Waals surface area contributed by atoms with Gasteiger partial charge in [-0.05, 0) is 48.9 Å². The van der Waals surface area contributed by atoms with Crippen molar-refractivity contribution in [1.29, 1.82) is 0 Å². The smallest absolute Gasteiger partial charge is 0.311 e. The first-order valence-corrected chi connectivity index (χ1v) is 9.24. The van der Waals surface area contributed by atoms with Crippen LogP contribution in [0.1, 0.15) is 23.7 Å². The second-order valence-corrected chi connectivity index (χ2v) is 6.58. The Morgan fingerprint density at radius 2 is 1.77 bits per heavy atom. The molecule has 1 aromatic heterocycles. The van der Waals surface area contributed by atoms with E-state index in [2.05, 4.69) is 10.1 Å². The van der Waals surface area contributed by atoms with Crippen LogP contribution in [0.5, 0.6) is 5.75 Å². The summed E-state index contributed by atoms with van der Waals surface area (Å²) in [7, 11) is 2.87. The Kier molecular flexibility index (Phi) is 6.46. The molecule has 2 aromatic carbocycles. The van der Waals surface area contributed by atoms with E-state index in [-0.39, 0.29) is 12.0 Å². The molecular formula is C22H22FN3O4. The van der Waals surface area contributed by atoms with E-state index >= 15 is 0 Å². The summed E-state index contributed by atoms with van der Waals surface area (Å²) in [4.78, 5) is 29.4. The summed E-state index contributed by atoms with van der Waals surface area (Å²) in [5, 5.41) is 2.93. The minimum atomic E-state index is -0.494. The molecule has 0 aliphatic heterocycles. The zero-order valence-corrected chi connectivity index (χ0v) is 16.9. The number of nitrogens with one attached hydrogen (secondary N) is 1. The molecule has 0 saturated heterocycles. The summed E-state index contributed by atoms with van der Waals surface area (Å²) < 4.78 is 24.4. The normalized spacial score (nSPS) is 11.4. The lowest BCUT2D eigenvalue weighted by Crippen LogP contribution is -2.20. The standard InChI is InChI=1S/C22H22FN3O4/c1-14(24-13-15-4-10-18(29-2)11-5-15)21-19(12-20(27)30-3)25-26(22(21)28)17-8-6-16(23)7-9-17/h4-11,25H,12-13H2,1-3H3. The van der Waals surface area contributed by atoms with Crippen molar-refractivity contribution in [2.24, 2.45) is 4.99 Å². The van der Waals surface area contributed by atoms with Gasteiger partial charge in [-0.25, -0.2) is 9.07 Å². The van der Waals surface area contributed by atoms with Crippen molar-refractivity contribution in [3.8, 4) is 11.4 Å². The molecule has 0 bridgehead atoms. The molecule has 30 heavy (non-hydrogen) atoms. The molecule has 0 aliphatic rings. The number of rotatable bonds is 7. The van der Waals surface area contributed by atoms with E-state index in [1.165, 1.54) is 36.1 Å². The number of carbonyl (C=O) groups excluding carboxylic acids is 1. The van der Waals surface area contributed by atoms with Gasteiger partial charge < -0.3 is 9.47 Å². The highest BCUT2D eigenvalue weighted by molar-refractivity contribution is 6.00. The molecule has 0 unspecified atom stereocenters. The largest absolute Gasteiger partial charge is 0.497 e. The van der Waals surface area contributed by atoms with Crippen molar-refractivity contribution in [2.45, 2.75) is 19.9 Å². The highest BCUT2D eigenvalue weighted by Crippen LogP contribution is 2.14. The van der Waals surface area contributed by atoms with Crippen LogP contribution < -0.4 is 10.3 Å². The van der Waals surface area contributed by atoms with Crippen LogP contribution in [0, 0.1) is 5.82 Å². The predicted molar refractivity (Wildman–Crippen MR) is 111 cm³/mol. The van der Waals surface area contributed by atoms with Crippen LogP contribution in [0.3, 0.4) is 0 Å². The summed E-state index contributed by atoms with van der Waals surface area (Å²) in [6.07, 6.45) is -0.120. The number of carbonyl (C=O) groups is 1. The average Bonchev–Trinajstić information content (AvgIpc) is 3.08. The maximum atomic E-state index is 13.3. The number of aliphatic imine (C=N–C) groups is 1. The highest BCUT2D eigenvalue weighted by Gasteiger charge is 2.20. The zero-order chi connectivity index (χ0) is 21.7. The second kappa shape index (κ2) is 9.21. The lowest BCUT2D eigenvalue weighted by molar-refractivity contribution is -0.139. The fourth-order valence-corrected chi connectivity index (χ4v) is 2.99. The molecule has 0 radical (unpaired) electrons. The third-order valence-corrected chi connectivity index (χ3v) is 4.62. The average molecular weight is 411 g/mol. The monoisotopic (exact) mass is 411 g/mol. The van der Waals surface area contributed by atoms with E-state index in [4.69, 9.17) is 9.47 Å². The lowest BCUT2D eigenvalue weighted by Gasteiger charge is -2.03. The van der Waals surface area contributed by atoms with Crippen molar-refractivity contribution in [2.75, 3.05) is 14.2 Å². The number of hydrogen-bond donors (Lipinski definition) is 1. The minimum absolute atomic E-state index is 0.120. The summed E-state index contributed by atoms with van der Waals surface area (Å²) in [6, 6.07) is 12.9. The number of halogens is 1. The Labute approximate surface area is 172 Å². The van der Waals surface area contributed by atoms with Gasteiger partial charge in [0, 0.05) is 5.71 Å². The number of esters is 1. The molecule has 156 valence electrons.